The van der Waals surface area contributed by atoms with Crippen LogP contribution >= 0.6 is 11.6 Å². The molecule has 0 aliphatic carbocycles. The number of nitrogens with one attached hydrogen (secondary N) is 3. The second kappa shape index (κ2) is 13.9. The molecule has 0 saturated carbocycles. The maximum Gasteiger partial charge on any atom is 0.255 e. The zero-order valence-electron chi connectivity index (χ0n) is 23.9. The molecule has 1 atom stereocenters. The van der Waals surface area contributed by atoms with Crippen LogP contribution in [0, 0.1) is 11.3 Å². The lowest BCUT2D eigenvalue weighted by Gasteiger charge is -2.41. The minimum atomic E-state index is -0.619. The van der Waals surface area contributed by atoms with Crippen LogP contribution in [0.4, 0.5) is 5.69 Å². The summed E-state index contributed by atoms with van der Waals surface area (Å²) < 4.78 is 11.2. The van der Waals surface area contributed by atoms with Crippen molar-refractivity contribution >= 4 is 35.0 Å². The minimum absolute atomic E-state index is 0.00388. The first-order valence-electron chi connectivity index (χ1n) is 14.0. The van der Waals surface area contributed by atoms with Crippen molar-refractivity contribution in [2.75, 3.05) is 45.2 Å². The summed E-state index contributed by atoms with van der Waals surface area (Å²) in [4.78, 5) is 41.4. The standard InChI is InChI=1S/C31H39ClN4O5/c1-21(2)25-20-41-26-9-5-4-8-23(26)29(38)33-15-7-6-12-31(30(39)35-25)13-16-36(17-14-31)19-28(37)34-22-10-11-27(40-3)24(32)18-22/h4-11,18,21,25H,12-17,19-20H2,1-3H3,(H,33,38)(H,34,37)(H,35,39)/b7-6+/t25-/m0/s1. The predicted molar refractivity (Wildman–Crippen MR) is 160 cm³/mol. The van der Waals surface area contributed by atoms with Crippen molar-refractivity contribution < 1.29 is 23.9 Å². The lowest BCUT2D eigenvalue weighted by molar-refractivity contribution is -0.135. The van der Waals surface area contributed by atoms with Gasteiger partial charge in [0.1, 0.15) is 18.1 Å². The van der Waals surface area contributed by atoms with Gasteiger partial charge in [0.15, 0.2) is 0 Å². The van der Waals surface area contributed by atoms with E-state index in [1.165, 1.54) is 7.11 Å². The largest absolute Gasteiger partial charge is 0.495 e. The van der Waals surface area contributed by atoms with E-state index >= 15 is 0 Å². The lowest BCUT2D eigenvalue weighted by atomic mass is 9.74. The summed E-state index contributed by atoms with van der Waals surface area (Å²) in [6.07, 6.45) is 5.62. The monoisotopic (exact) mass is 582 g/mol. The molecule has 220 valence electrons. The van der Waals surface area contributed by atoms with E-state index in [0.717, 1.165) is 0 Å². The highest BCUT2D eigenvalue weighted by Gasteiger charge is 2.41. The van der Waals surface area contributed by atoms with Gasteiger partial charge in [-0.15, -0.1) is 0 Å². The summed E-state index contributed by atoms with van der Waals surface area (Å²) in [6.45, 7) is 6.10. The Hall–Kier alpha value is -3.56. The number of carbonyl (C=O) groups is 3. The molecular formula is C31H39ClN4O5. The molecule has 2 heterocycles. The van der Waals surface area contributed by atoms with Gasteiger partial charge in [-0.25, -0.2) is 0 Å². The Morgan fingerprint density at radius 3 is 2.63 bits per heavy atom. The fourth-order valence-corrected chi connectivity index (χ4v) is 5.39. The van der Waals surface area contributed by atoms with Crippen LogP contribution in [0.3, 0.4) is 0 Å². The summed E-state index contributed by atoms with van der Waals surface area (Å²) in [6, 6.07) is 12.0. The van der Waals surface area contributed by atoms with E-state index in [0.29, 0.717) is 66.7 Å². The molecule has 4 rings (SSSR count). The number of benzene rings is 2. The van der Waals surface area contributed by atoms with Gasteiger partial charge in [-0.2, -0.15) is 0 Å². The number of hydrogen-bond donors (Lipinski definition) is 3. The highest BCUT2D eigenvalue weighted by Crippen LogP contribution is 2.36. The minimum Gasteiger partial charge on any atom is -0.495 e. The summed E-state index contributed by atoms with van der Waals surface area (Å²) in [5.41, 5.74) is 0.447. The summed E-state index contributed by atoms with van der Waals surface area (Å²) in [5, 5.41) is 9.48. The zero-order chi connectivity index (χ0) is 29.4. The molecule has 9 nitrogen and oxygen atoms in total. The van der Waals surface area contributed by atoms with E-state index in [4.69, 9.17) is 21.1 Å². The van der Waals surface area contributed by atoms with Gasteiger partial charge in [-0.3, -0.25) is 19.3 Å². The number of amides is 3. The first-order valence-corrected chi connectivity index (χ1v) is 14.4. The molecule has 2 aliphatic heterocycles. The maximum absolute atomic E-state index is 13.8. The number of halogens is 1. The van der Waals surface area contributed by atoms with Crippen molar-refractivity contribution in [1.82, 2.24) is 15.5 Å². The number of fused-ring (bicyclic) bond motifs is 1. The fourth-order valence-electron chi connectivity index (χ4n) is 5.13. The van der Waals surface area contributed by atoms with Crippen molar-refractivity contribution in [1.29, 1.82) is 0 Å². The third-order valence-corrected chi connectivity index (χ3v) is 8.12. The molecule has 1 saturated heterocycles. The number of anilines is 1. The number of nitrogens with zero attached hydrogens (tertiary/aromatic N) is 1. The Morgan fingerprint density at radius 1 is 1.17 bits per heavy atom. The van der Waals surface area contributed by atoms with E-state index < -0.39 is 5.41 Å². The van der Waals surface area contributed by atoms with E-state index in [1.807, 2.05) is 32.1 Å². The molecule has 2 aromatic carbocycles. The molecule has 1 spiro atoms. The molecule has 1 fully saturated rings. The van der Waals surface area contributed by atoms with Crippen molar-refractivity contribution in [2.24, 2.45) is 11.3 Å². The maximum atomic E-state index is 13.8. The second-order valence-corrected chi connectivity index (χ2v) is 11.4. The Labute approximate surface area is 246 Å². The van der Waals surface area contributed by atoms with Crippen LogP contribution in [0.25, 0.3) is 0 Å². The van der Waals surface area contributed by atoms with Crippen molar-refractivity contribution in [3.05, 3.63) is 65.2 Å². The van der Waals surface area contributed by atoms with Crippen LogP contribution in [0.1, 0.15) is 43.5 Å². The second-order valence-electron chi connectivity index (χ2n) is 11.0. The number of piperidine rings is 1. The van der Waals surface area contributed by atoms with Crippen LogP contribution in [0.15, 0.2) is 54.6 Å². The van der Waals surface area contributed by atoms with E-state index in [-0.39, 0.29) is 42.8 Å². The predicted octanol–water partition coefficient (Wildman–Crippen LogP) is 4.28. The van der Waals surface area contributed by atoms with Crippen molar-refractivity contribution in [3.8, 4) is 11.5 Å². The number of rotatable bonds is 5. The number of allylic oxidation sites excluding steroid dienone is 1. The normalized spacial score (nSPS) is 20.7. The molecule has 0 bridgehead atoms. The molecule has 0 unspecified atom stereocenters. The molecule has 2 aromatic rings. The molecule has 0 aromatic heterocycles. The smallest absolute Gasteiger partial charge is 0.255 e. The highest BCUT2D eigenvalue weighted by molar-refractivity contribution is 6.32. The van der Waals surface area contributed by atoms with Crippen LogP contribution < -0.4 is 25.4 Å². The SMILES string of the molecule is COc1ccc(NC(=O)CN2CCC3(C/C=C/CNC(=O)c4ccccc4OC[C@@H](C(C)C)NC3=O)CC2)cc1Cl. The van der Waals surface area contributed by atoms with Crippen LogP contribution in [0.5, 0.6) is 11.5 Å². The van der Waals surface area contributed by atoms with Gasteiger partial charge in [0.2, 0.25) is 11.8 Å². The molecule has 10 heteroatoms. The topological polar surface area (TPSA) is 109 Å². The van der Waals surface area contributed by atoms with E-state index in [2.05, 4.69) is 20.9 Å². The average Bonchev–Trinajstić information content (AvgIpc) is 2.95. The van der Waals surface area contributed by atoms with E-state index in [9.17, 15) is 14.4 Å². The van der Waals surface area contributed by atoms with Gasteiger partial charge in [0.25, 0.3) is 5.91 Å². The van der Waals surface area contributed by atoms with Gasteiger partial charge in [-0.05, 0) is 68.6 Å². The lowest BCUT2D eigenvalue weighted by Crippen LogP contribution is -2.54. The van der Waals surface area contributed by atoms with Gasteiger partial charge in [-0.1, -0.05) is 49.7 Å². The molecule has 2 aliphatic rings. The van der Waals surface area contributed by atoms with Gasteiger partial charge in [0.05, 0.1) is 35.7 Å². The Morgan fingerprint density at radius 2 is 1.93 bits per heavy atom. The Bertz CT molecular complexity index is 1270. The summed E-state index contributed by atoms with van der Waals surface area (Å²) in [5.74, 6) is 0.798. The van der Waals surface area contributed by atoms with Gasteiger partial charge in [0, 0.05) is 12.2 Å². The van der Waals surface area contributed by atoms with Crippen molar-refractivity contribution in [2.45, 2.75) is 39.2 Å². The number of likely N-dealkylation sites (tertiary alicyclic amines) is 1. The zero-order valence-corrected chi connectivity index (χ0v) is 24.6. The first kappa shape index (κ1) is 30.4. The fraction of sp³-hybridized carbons (Fsp3) is 0.452. The highest BCUT2D eigenvalue weighted by atomic mass is 35.5. The molecule has 3 amide bonds. The quantitative estimate of drug-likeness (QED) is 0.454. The Kier molecular flexibility index (Phi) is 10.3. The molecule has 3 N–H and O–H groups in total. The number of hydrogen-bond acceptors (Lipinski definition) is 6. The van der Waals surface area contributed by atoms with Gasteiger partial charge < -0.3 is 25.4 Å². The molecular weight excluding hydrogens is 544 g/mol. The van der Waals surface area contributed by atoms with Crippen molar-refractivity contribution in [3.63, 3.8) is 0 Å². The van der Waals surface area contributed by atoms with E-state index in [1.54, 1.807) is 36.4 Å². The number of ether oxygens (including phenoxy) is 2. The summed E-state index contributed by atoms with van der Waals surface area (Å²) >= 11 is 6.18. The average molecular weight is 583 g/mol. The van der Waals surface area contributed by atoms with Gasteiger partial charge >= 0.3 is 0 Å². The summed E-state index contributed by atoms with van der Waals surface area (Å²) in [7, 11) is 1.54. The number of para-hydroxylation sites is 1. The third-order valence-electron chi connectivity index (χ3n) is 7.82. The van der Waals surface area contributed by atoms with Crippen LogP contribution in [0.2, 0.25) is 5.02 Å². The van der Waals surface area contributed by atoms with Crippen LogP contribution in [-0.4, -0.2) is 68.6 Å². The number of methoxy groups -OCH3 is 1. The molecule has 41 heavy (non-hydrogen) atoms. The molecule has 0 radical (unpaired) electrons. The number of carbonyl (C=O) groups excluding carboxylic acids is 3. The third kappa shape index (κ3) is 7.80. The Balaban J connectivity index is 1.42. The first-order chi connectivity index (χ1) is 19.7. The van der Waals surface area contributed by atoms with Crippen LogP contribution in [-0.2, 0) is 9.59 Å².